The number of hydrogen-bond donors (Lipinski definition) is 2. The van der Waals surface area contributed by atoms with Gasteiger partial charge in [-0.25, -0.2) is 4.39 Å². The van der Waals surface area contributed by atoms with Crippen molar-refractivity contribution in [3.05, 3.63) is 46.9 Å². The number of rotatable bonds is 7. The molecule has 10 heteroatoms. The van der Waals surface area contributed by atoms with Crippen molar-refractivity contribution in [1.29, 1.82) is 0 Å². The molecule has 47 heavy (non-hydrogen) atoms. The molecule has 2 N–H and O–H groups in total. The Hall–Kier alpha value is -3.71. The first kappa shape index (κ1) is 30.6. The van der Waals surface area contributed by atoms with E-state index in [0.717, 1.165) is 75.9 Å². The molecule has 0 amide bonds. The van der Waals surface area contributed by atoms with Crippen LogP contribution in [0.2, 0.25) is 5.02 Å². The lowest BCUT2D eigenvalue weighted by atomic mass is 9.86. The molecule has 0 aliphatic carbocycles. The summed E-state index contributed by atoms with van der Waals surface area (Å²) in [6, 6.07) is 7.06. The molecule has 8 nitrogen and oxygen atoms in total. The average molecular weight is 655 g/mol. The molecule has 6 heterocycles. The van der Waals surface area contributed by atoms with Crippen molar-refractivity contribution >= 4 is 39.1 Å². The van der Waals surface area contributed by atoms with Crippen LogP contribution >= 0.6 is 11.6 Å². The number of nitrogens with zero attached hydrogens (tertiary/aromatic N) is 5. The van der Waals surface area contributed by atoms with Gasteiger partial charge in [-0.2, -0.15) is 9.97 Å². The van der Waals surface area contributed by atoms with Crippen LogP contribution in [0.15, 0.2) is 30.5 Å². The summed E-state index contributed by atoms with van der Waals surface area (Å²) in [5.41, 5.74) is 1.36. The normalized spacial score (nSPS) is 27.1. The SMILES string of the molecule is C#Cc1c(F)ccc2cc(O)cc(-c3ncc4c(N5C[C@H]6CC[C@@H](C5)N6)nc(OCC56CC(CC)CN5CC(CC)C6)nc4c3Cl)c12. The molecule has 4 atom stereocenters. The van der Waals surface area contributed by atoms with E-state index in [1.165, 1.54) is 12.1 Å². The fourth-order valence-electron chi connectivity index (χ4n) is 8.82. The Kier molecular flexibility index (Phi) is 7.66. The summed E-state index contributed by atoms with van der Waals surface area (Å²) in [5.74, 6) is 4.04. The number of piperazine rings is 1. The Balaban J connectivity index is 1.25. The molecular formula is C37H40ClFN6O2. The van der Waals surface area contributed by atoms with Gasteiger partial charge in [-0.15, -0.1) is 6.42 Å². The Morgan fingerprint density at radius 1 is 1.09 bits per heavy atom. The molecule has 0 saturated carbocycles. The predicted molar refractivity (Wildman–Crippen MR) is 184 cm³/mol. The van der Waals surface area contributed by atoms with Gasteiger partial charge in [0, 0.05) is 55.4 Å². The van der Waals surface area contributed by atoms with Gasteiger partial charge in [-0.1, -0.05) is 50.3 Å². The first-order valence-corrected chi connectivity index (χ1v) is 17.3. The number of aromatic nitrogens is 3. The van der Waals surface area contributed by atoms with E-state index in [0.29, 0.717) is 64.1 Å². The molecule has 2 unspecified atom stereocenters. The zero-order valence-corrected chi connectivity index (χ0v) is 27.7. The van der Waals surface area contributed by atoms with Gasteiger partial charge >= 0.3 is 6.01 Å². The lowest BCUT2D eigenvalue weighted by Crippen LogP contribution is -2.51. The molecule has 2 aromatic carbocycles. The summed E-state index contributed by atoms with van der Waals surface area (Å²) < 4.78 is 21.6. The van der Waals surface area contributed by atoms with Gasteiger partial charge < -0.3 is 20.1 Å². The summed E-state index contributed by atoms with van der Waals surface area (Å²) in [5, 5.41) is 16.4. The Morgan fingerprint density at radius 2 is 1.81 bits per heavy atom. The number of pyridine rings is 1. The third-order valence-corrected chi connectivity index (χ3v) is 11.6. The van der Waals surface area contributed by atoms with Crippen molar-refractivity contribution in [2.24, 2.45) is 11.8 Å². The highest BCUT2D eigenvalue weighted by atomic mass is 35.5. The van der Waals surface area contributed by atoms with Crippen molar-refractivity contribution in [1.82, 2.24) is 25.2 Å². The molecule has 4 fully saturated rings. The zero-order valence-electron chi connectivity index (χ0n) is 26.9. The summed E-state index contributed by atoms with van der Waals surface area (Å²) >= 11 is 7.23. The van der Waals surface area contributed by atoms with E-state index in [-0.39, 0.29) is 21.9 Å². The van der Waals surface area contributed by atoms with E-state index in [4.69, 9.17) is 37.7 Å². The molecule has 2 bridgehead atoms. The topological polar surface area (TPSA) is 86.6 Å². The number of ether oxygens (including phenoxy) is 1. The Morgan fingerprint density at radius 3 is 2.49 bits per heavy atom. The van der Waals surface area contributed by atoms with E-state index >= 15 is 0 Å². The molecule has 0 spiro atoms. The predicted octanol–water partition coefficient (Wildman–Crippen LogP) is 6.54. The van der Waals surface area contributed by atoms with Crippen LogP contribution < -0.4 is 15.0 Å². The van der Waals surface area contributed by atoms with Gasteiger partial charge in [0.2, 0.25) is 0 Å². The van der Waals surface area contributed by atoms with Crippen LogP contribution in [0.4, 0.5) is 10.2 Å². The number of halogens is 2. The number of hydrogen-bond acceptors (Lipinski definition) is 8. The lowest BCUT2D eigenvalue weighted by molar-refractivity contribution is 0.107. The standard InChI is InChI=1S/C37H40ClFN6O2/c1-4-21-13-37(14-22(5-2)17-45(37)16-21)20-47-36-42-34-29(35(43-36)44-18-24-8-9-25(19-44)41-24)15-40-33(32(34)38)28-12-26(46)11-23-7-10-30(39)27(6-3)31(23)28/h3,7,10-12,15,21-22,24-25,41,46H,4-5,8-9,13-14,16-20H2,1-2H3/t21?,22?,24-,25+,37?. The van der Waals surface area contributed by atoms with Gasteiger partial charge in [0.15, 0.2) is 0 Å². The summed E-state index contributed by atoms with van der Waals surface area (Å²) in [7, 11) is 0. The second kappa shape index (κ2) is 11.8. The first-order chi connectivity index (χ1) is 22.8. The molecule has 0 radical (unpaired) electrons. The molecule has 4 aliphatic heterocycles. The van der Waals surface area contributed by atoms with E-state index in [1.807, 2.05) is 0 Å². The van der Waals surface area contributed by atoms with Crippen molar-refractivity contribution in [3.63, 3.8) is 0 Å². The van der Waals surface area contributed by atoms with Crippen LogP contribution in [-0.4, -0.2) is 75.4 Å². The molecule has 2 aromatic heterocycles. The largest absolute Gasteiger partial charge is 0.508 e. The number of nitrogens with one attached hydrogen (secondary N) is 1. The van der Waals surface area contributed by atoms with Crippen LogP contribution in [-0.2, 0) is 0 Å². The maximum Gasteiger partial charge on any atom is 0.319 e. The van der Waals surface area contributed by atoms with Crippen molar-refractivity contribution < 1.29 is 14.2 Å². The van der Waals surface area contributed by atoms with Crippen LogP contribution in [0.25, 0.3) is 32.9 Å². The highest BCUT2D eigenvalue weighted by Gasteiger charge is 2.51. The Labute approximate surface area is 279 Å². The zero-order chi connectivity index (χ0) is 32.4. The third kappa shape index (κ3) is 5.16. The van der Waals surface area contributed by atoms with Crippen molar-refractivity contribution in [2.75, 3.05) is 37.7 Å². The maximum atomic E-state index is 14.9. The quantitative estimate of drug-likeness (QED) is 0.217. The van der Waals surface area contributed by atoms with E-state index in [2.05, 4.69) is 34.9 Å². The minimum atomic E-state index is -0.527. The average Bonchev–Trinajstić information content (AvgIpc) is 3.72. The fourth-order valence-corrected chi connectivity index (χ4v) is 9.12. The molecule has 244 valence electrons. The minimum absolute atomic E-state index is 0.00330. The summed E-state index contributed by atoms with van der Waals surface area (Å²) in [6.07, 6.45) is 14.3. The number of phenolic OH excluding ortho intramolecular Hbond substituents is 1. The number of terminal acetylenes is 1. The highest BCUT2D eigenvalue weighted by molar-refractivity contribution is 6.38. The minimum Gasteiger partial charge on any atom is -0.508 e. The van der Waals surface area contributed by atoms with Gasteiger partial charge in [0.25, 0.3) is 0 Å². The summed E-state index contributed by atoms with van der Waals surface area (Å²) in [6.45, 7) is 8.94. The molecular weight excluding hydrogens is 615 g/mol. The number of anilines is 1. The van der Waals surface area contributed by atoms with Gasteiger partial charge in [-0.05, 0) is 61.1 Å². The second-order valence-corrected chi connectivity index (χ2v) is 14.5. The first-order valence-electron chi connectivity index (χ1n) is 17.0. The van der Waals surface area contributed by atoms with Gasteiger partial charge in [-0.3, -0.25) is 9.88 Å². The van der Waals surface area contributed by atoms with E-state index in [9.17, 15) is 9.50 Å². The summed E-state index contributed by atoms with van der Waals surface area (Å²) in [4.78, 5) is 19.7. The highest BCUT2D eigenvalue weighted by Crippen LogP contribution is 2.46. The molecule has 4 aromatic rings. The van der Waals surface area contributed by atoms with Crippen LogP contribution in [0.3, 0.4) is 0 Å². The van der Waals surface area contributed by atoms with Crippen molar-refractivity contribution in [3.8, 4) is 35.4 Å². The molecule has 8 rings (SSSR count). The smallest absolute Gasteiger partial charge is 0.319 e. The van der Waals surface area contributed by atoms with Gasteiger partial charge in [0.05, 0.1) is 27.2 Å². The Bertz CT molecular complexity index is 1900. The van der Waals surface area contributed by atoms with E-state index < -0.39 is 5.82 Å². The van der Waals surface area contributed by atoms with Crippen LogP contribution in [0.5, 0.6) is 11.8 Å². The fraction of sp³-hybridized carbons (Fsp3) is 0.486. The lowest BCUT2D eigenvalue weighted by Gasteiger charge is -2.34. The molecule has 4 saturated heterocycles. The number of benzene rings is 2. The van der Waals surface area contributed by atoms with Crippen LogP contribution in [0.1, 0.15) is 57.9 Å². The van der Waals surface area contributed by atoms with Crippen molar-refractivity contribution in [2.45, 2.75) is 70.0 Å². The number of fused-ring (bicyclic) bond motifs is 5. The van der Waals surface area contributed by atoms with Crippen LogP contribution in [0, 0.1) is 30.0 Å². The molecule has 4 aliphatic rings. The van der Waals surface area contributed by atoms with Gasteiger partial charge in [0.1, 0.15) is 29.5 Å². The third-order valence-electron chi connectivity index (χ3n) is 11.2. The van der Waals surface area contributed by atoms with E-state index in [1.54, 1.807) is 18.3 Å². The monoisotopic (exact) mass is 654 g/mol. The number of aromatic hydroxyl groups is 1. The number of phenols is 1. The second-order valence-electron chi connectivity index (χ2n) is 14.1. The maximum absolute atomic E-state index is 14.9.